The molecule has 3 N–H and O–H groups in total. The monoisotopic (exact) mass is 533 g/mol. The summed E-state index contributed by atoms with van der Waals surface area (Å²) < 4.78 is 6.81. The molecule has 2 bridgehead atoms. The number of fused-ring (bicyclic) bond motifs is 1. The van der Waals surface area contributed by atoms with Gasteiger partial charge < -0.3 is 25.4 Å². The minimum Gasteiger partial charge on any atom is -0.394 e. The van der Waals surface area contributed by atoms with Gasteiger partial charge in [-0.05, 0) is 49.8 Å². The van der Waals surface area contributed by atoms with Crippen LogP contribution in [0.25, 0.3) is 0 Å². The number of rotatable bonds is 11. The summed E-state index contributed by atoms with van der Waals surface area (Å²) in [7, 11) is 0. The number of carbonyl (C=O) groups excluding carboxylic acids is 3. The van der Waals surface area contributed by atoms with Crippen LogP contribution in [0.15, 0.2) is 60.7 Å². The first-order chi connectivity index (χ1) is 18.9. The number of nitrogens with zero attached hydrogens (tertiary/aromatic N) is 1. The molecule has 0 aromatic heterocycles. The van der Waals surface area contributed by atoms with Gasteiger partial charge in [-0.2, -0.15) is 0 Å². The van der Waals surface area contributed by atoms with E-state index >= 15 is 0 Å². The molecule has 3 fully saturated rings. The molecular formula is C31H39N3O5. The van der Waals surface area contributed by atoms with E-state index < -0.39 is 35.1 Å². The third-order valence-electron chi connectivity index (χ3n) is 8.94. The van der Waals surface area contributed by atoms with Crippen LogP contribution in [0.1, 0.15) is 51.5 Å². The van der Waals surface area contributed by atoms with Crippen LogP contribution in [0.3, 0.4) is 0 Å². The van der Waals surface area contributed by atoms with E-state index in [1.807, 2.05) is 67.6 Å². The maximum absolute atomic E-state index is 14.4. The number of ether oxygens (including phenoxy) is 1. The number of aliphatic hydroxyl groups is 1. The predicted octanol–water partition coefficient (Wildman–Crippen LogP) is 3.30. The molecule has 8 heteroatoms. The number of anilines is 1. The summed E-state index contributed by atoms with van der Waals surface area (Å²) in [5.41, 5.74) is -0.329. The van der Waals surface area contributed by atoms with Crippen molar-refractivity contribution >= 4 is 23.4 Å². The highest BCUT2D eigenvalue weighted by Crippen LogP contribution is 2.64. The van der Waals surface area contributed by atoms with Gasteiger partial charge in [-0.15, -0.1) is 0 Å². The Bertz CT molecular complexity index is 1190. The lowest BCUT2D eigenvalue weighted by atomic mass is 9.65. The zero-order valence-corrected chi connectivity index (χ0v) is 22.8. The van der Waals surface area contributed by atoms with Crippen LogP contribution >= 0.6 is 0 Å². The van der Waals surface area contributed by atoms with Crippen molar-refractivity contribution in [3.05, 3.63) is 66.2 Å². The van der Waals surface area contributed by atoms with Crippen molar-refractivity contribution in [1.29, 1.82) is 0 Å². The Labute approximate surface area is 230 Å². The first-order valence-electron chi connectivity index (χ1n) is 14.2. The Morgan fingerprint density at radius 3 is 2.38 bits per heavy atom. The van der Waals surface area contributed by atoms with Crippen LogP contribution in [0.2, 0.25) is 0 Å². The van der Waals surface area contributed by atoms with E-state index in [-0.39, 0.29) is 24.3 Å². The van der Waals surface area contributed by atoms with Gasteiger partial charge >= 0.3 is 0 Å². The number of carbonyl (C=O) groups is 3. The molecule has 0 aliphatic carbocycles. The lowest BCUT2D eigenvalue weighted by Gasteiger charge is -2.37. The SMILES string of the molecule is CCCCNC(=O)C1N([C@@H](CO)Cc2ccccc2)C(=O)[C@@H]2[C@H](C(=O)Nc3ccccc3)[C@]3(CC)CCC12O3. The molecule has 0 radical (unpaired) electrons. The Balaban J connectivity index is 1.54. The van der Waals surface area contributed by atoms with Crippen LogP contribution in [0.4, 0.5) is 5.69 Å². The quantitative estimate of drug-likeness (QED) is 0.384. The number of aliphatic hydroxyl groups excluding tert-OH is 1. The smallest absolute Gasteiger partial charge is 0.245 e. The fourth-order valence-electron chi connectivity index (χ4n) is 7.11. The van der Waals surface area contributed by atoms with E-state index in [2.05, 4.69) is 17.6 Å². The van der Waals surface area contributed by atoms with Gasteiger partial charge in [0.2, 0.25) is 17.7 Å². The Kier molecular flexibility index (Phi) is 7.78. The maximum atomic E-state index is 14.4. The van der Waals surface area contributed by atoms with Gasteiger partial charge in [-0.3, -0.25) is 14.4 Å². The standard InChI is InChI=1S/C31H39N3O5/c1-3-5-18-32-28(37)26-31-17-16-30(4-2,39-31)24(27(36)33-22-14-10-7-11-15-22)25(31)29(38)34(26)23(20-35)19-21-12-8-6-9-13-21/h6-15,23-26,35H,3-5,16-20H2,1-2H3,(H,32,37)(H,33,36)/t23-,24-,25+,26?,30+,31?/m1/s1. The van der Waals surface area contributed by atoms with Gasteiger partial charge in [-0.25, -0.2) is 0 Å². The van der Waals surface area contributed by atoms with E-state index in [1.165, 1.54) is 0 Å². The van der Waals surface area contributed by atoms with Crippen molar-refractivity contribution in [3.63, 3.8) is 0 Å². The zero-order chi connectivity index (χ0) is 27.6. The average molecular weight is 534 g/mol. The van der Waals surface area contributed by atoms with E-state index in [9.17, 15) is 19.5 Å². The van der Waals surface area contributed by atoms with E-state index in [1.54, 1.807) is 4.90 Å². The van der Waals surface area contributed by atoms with Crippen LogP contribution < -0.4 is 10.6 Å². The van der Waals surface area contributed by atoms with Crippen molar-refractivity contribution < 1.29 is 24.2 Å². The number of benzene rings is 2. The Morgan fingerprint density at radius 2 is 1.74 bits per heavy atom. The lowest BCUT2D eigenvalue weighted by molar-refractivity contribution is -0.150. The first kappa shape index (κ1) is 27.3. The fraction of sp³-hybridized carbons (Fsp3) is 0.516. The Morgan fingerprint density at radius 1 is 1.05 bits per heavy atom. The molecule has 0 saturated carbocycles. The number of likely N-dealkylation sites (tertiary alicyclic amines) is 1. The summed E-state index contributed by atoms with van der Waals surface area (Å²) in [6, 6.07) is 17.3. The molecule has 3 saturated heterocycles. The molecular weight excluding hydrogens is 494 g/mol. The van der Waals surface area contributed by atoms with E-state index in [0.717, 1.165) is 18.4 Å². The Hall–Kier alpha value is -3.23. The molecule has 5 rings (SSSR count). The number of para-hydroxylation sites is 1. The lowest BCUT2D eigenvalue weighted by Crippen LogP contribution is -2.58. The van der Waals surface area contributed by atoms with Gasteiger partial charge in [0, 0.05) is 12.2 Å². The summed E-state index contributed by atoms with van der Waals surface area (Å²) >= 11 is 0. The van der Waals surface area contributed by atoms with E-state index in [0.29, 0.717) is 37.9 Å². The normalized spacial score (nSPS) is 29.8. The van der Waals surface area contributed by atoms with Crippen molar-refractivity contribution in [1.82, 2.24) is 10.2 Å². The molecule has 8 nitrogen and oxygen atoms in total. The van der Waals surface area contributed by atoms with Crippen LogP contribution in [0.5, 0.6) is 0 Å². The molecule has 6 atom stereocenters. The summed E-state index contributed by atoms with van der Waals surface area (Å²) in [5.74, 6) is -2.37. The molecule has 1 spiro atoms. The molecule has 3 aliphatic rings. The molecule has 2 aromatic carbocycles. The molecule has 3 heterocycles. The van der Waals surface area contributed by atoms with Crippen molar-refractivity contribution in [2.45, 2.75) is 75.7 Å². The van der Waals surface area contributed by atoms with Gasteiger partial charge in [0.15, 0.2) is 0 Å². The zero-order valence-electron chi connectivity index (χ0n) is 22.8. The largest absolute Gasteiger partial charge is 0.394 e. The molecule has 2 unspecified atom stereocenters. The topological polar surface area (TPSA) is 108 Å². The van der Waals surface area contributed by atoms with Crippen LogP contribution in [-0.4, -0.2) is 64.2 Å². The number of unbranched alkanes of at least 4 members (excludes halogenated alkanes) is 1. The molecule has 3 amide bonds. The van der Waals surface area contributed by atoms with E-state index in [4.69, 9.17) is 4.74 Å². The molecule has 3 aliphatic heterocycles. The molecule has 208 valence electrons. The minimum absolute atomic E-state index is 0.265. The highest BCUT2D eigenvalue weighted by atomic mass is 16.5. The van der Waals surface area contributed by atoms with Crippen molar-refractivity contribution in [2.75, 3.05) is 18.5 Å². The maximum Gasteiger partial charge on any atom is 0.245 e. The molecule has 39 heavy (non-hydrogen) atoms. The summed E-state index contributed by atoms with van der Waals surface area (Å²) in [5, 5.41) is 16.6. The third-order valence-corrected chi connectivity index (χ3v) is 8.94. The number of hydrogen-bond acceptors (Lipinski definition) is 5. The number of hydrogen-bond donors (Lipinski definition) is 3. The van der Waals surface area contributed by atoms with Crippen molar-refractivity contribution in [2.24, 2.45) is 11.8 Å². The summed E-state index contributed by atoms with van der Waals surface area (Å²) in [6.45, 7) is 4.22. The average Bonchev–Trinajstić information content (AvgIpc) is 3.56. The number of nitrogens with one attached hydrogen (secondary N) is 2. The highest BCUT2D eigenvalue weighted by molar-refractivity contribution is 6.02. The predicted molar refractivity (Wildman–Crippen MR) is 148 cm³/mol. The third kappa shape index (κ3) is 4.63. The van der Waals surface area contributed by atoms with Gasteiger partial charge in [0.25, 0.3) is 0 Å². The second kappa shape index (κ2) is 11.1. The number of amides is 3. The van der Waals surface area contributed by atoms with Gasteiger partial charge in [0.1, 0.15) is 11.6 Å². The second-order valence-electron chi connectivity index (χ2n) is 11.1. The van der Waals surface area contributed by atoms with Crippen molar-refractivity contribution in [3.8, 4) is 0 Å². The molecule has 2 aromatic rings. The fourth-order valence-corrected chi connectivity index (χ4v) is 7.11. The first-order valence-corrected chi connectivity index (χ1v) is 14.2. The second-order valence-corrected chi connectivity index (χ2v) is 11.1. The van der Waals surface area contributed by atoms with Crippen LogP contribution in [0, 0.1) is 11.8 Å². The summed E-state index contributed by atoms with van der Waals surface area (Å²) in [4.78, 5) is 43.7. The summed E-state index contributed by atoms with van der Waals surface area (Å²) in [6.07, 6.45) is 3.80. The van der Waals surface area contributed by atoms with Gasteiger partial charge in [0.05, 0.1) is 30.1 Å². The van der Waals surface area contributed by atoms with Gasteiger partial charge in [-0.1, -0.05) is 68.8 Å². The van der Waals surface area contributed by atoms with Crippen LogP contribution in [-0.2, 0) is 25.5 Å². The highest BCUT2D eigenvalue weighted by Gasteiger charge is 2.79. The minimum atomic E-state index is -1.12.